The van der Waals surface area contributed by atoms with Crippen molar-refractivity contribution in [2.75, 3.05) is 13.6 Å². The van der Waals surface area contributed by atoms with Crippen LogP contribution in [0.5, 0.6) is 0 Å². The molecule has 0 aliphatic heterocycles. The summed E-state index contributed by atoms with van der Waals surface area (Å²) in [6.45, 7) is 1.05. The smallest absolute Gasteiger partial charge is 0.0438 e. The average molecular weight is 300 g/mol. The third-order valence-electron chi connectivity index (χ3n) is 4.58. The Labute approximate surface area is 132 Å². The second kappa shape index (κ2) is 6.64. The highest BCUT2D eigenvalue weighted by Gasteiger charge is 2.43. The summed E-state index contributed by atoms with van der Waals surface area (Å²) in [5.41, 5.74) is 2.76. The molecule has 2 aromatic carbocycles. The van der Waals surface area contributed by atoms with Crippen LogP contribution >= 0.6 is 11.6 Å². The molecule has 1 fully saturated rings. The van der Waals surface area contributed by atoms with E-state index < -0.39 is 0 Å². The molecule has 0 bridgehead atoms. The molecule has 3 unspecified atom stereocenters. The lowest BCUT2D eigenvalue weighted by atomic mass is 9.92. The SMILES string of the molecule is CNCC(Cc1ccccc1Cl)C1CC1c1ccccc1. The maximum atomic E-state index is 6.33. The van der Waals surface area contributed by atoms with Gasteiger partial charge in [-0.1, -0.05) is 60.1 Å². The van der Waals surface area contributed by atoms with E-state index in [0.29, 0.717) is 5.92 Å². The predicted octanol–water partition coefficient (Wildman–Crippen LogP) is 4.52. The summed E-state index contributed by atoms with van der Waals surface area (Å²) in [4.78, 5) is 0. The van der Waals surface area contributed by atoms with Gasteiger partial charge in [-0.05, 0) is 61.4 Å². The Balaban J connectivity index is 1.70. The largest absolute Gasteiger partial charge is 0.319 e. The molecule has 110 valence electrons. The number of halogens is 1. The fourth-order valence-electron chi connectivity index (χ4n) is 3.40. The maximum Gasteiger partial charge on any atom is 0.0438 e. The average Bonchev–Trinajstić information content (AvgIpc) is 3.30. The van der Waals surface area contributed by atoms with Crippen LogP contribution in [-0.2, 0) is 6.42 Å². The minimum atomic E-state index is 0.653. The highest BCUT2D eigenvalue weighted by molar-refractivity contribution is 6.31. The van der Waals surface area contributed by atoms with Crippen molar-refractivity contribution in [1.29, 1.82) is 0 Å². The summed E-state index contributed by atoms with van der Waals surface area (Å²) in [5, 5.41) is 4.26. The molecule has 2 heteroatoms. The van der Waals surface area contributed by atoms with Gasteiger partial charge in [0.2, 0.25) is 0 Å². The molecule has 1 aliphatic carbocycles. The van der Waals surface area contributed by atoms with Crippen LogP contribution in [0.2, 0.25) is 5.02 Å². The zero-order chi connectivity index (χ0) is 14.7. The molecule has 1 saturated carbocycles. The van der Waals surface area contributed by atoms with Crippen molar-refractivity contribution < 1.29 is 0 Å². The molecule has 1 aliphatic rings. The van der Waals surface area contributed by atoms with Gasteiger partial charge in [-0.15, -0.1) is 0 Å². The minimum absolute atomic E-state index is 0.653. The summed E-state index contributed by atoms with van der Waals surface area (Å²) >= 11 is 6.33. The Morgan fingerprint density at radius 3 is 2.52 bits per heavy atom. The van der Waals surface area contributed by atoms with Gasteiger partial charge in [0.1, 0.15) is 0 Å². The van der Waals surface area contributed by atoms with E-state index in [4.69, 9.17) is 11.6 Å². The highest BCUT2D eigenvalue weighted by Crippen LogP contribution is 2.52. The second-order valence-electron chi connectivity index (χ2n) is 6.03. The number of benzene rings is 2. The molecule has 0 heterocycles. The second-order valence-corrected chi connectivity index (χ2v) is 6.44. The summed E-state index contributed by atoms with van der Waals surface area (Å²) in [6.07, 6.45) is 2.37. The molecule has 1 N–H and O–H groups in total. The molecule has 0 aromatic heterocycles. The summed E-state index contributed by atoms with van der Waals surface area (Å²) < 4.78 is 0. The molecule has 0 saturated heterocycles. The molecular formula is C19H22ClN. The standard InChI is InChI=1S/C19H22ClN/c1-21-13-16(11-15-9-5-6-10-19(15)20)18-12-17(18)14-7-3-2-4-8-14/h2-10,16-18,21H,11-13H2,1H3. The fourth-order valence-corrected chi connectivity index (χ4v) is 3.62. The summed E-state index contributed by atoms with van der Waals surface area (Å²) in [5.74, 6) is 2.16. The lowest BCUT2D eigenvalue weighted by molar-refractivity contribution is 0.432. The van der Waals surface area contributed by atoms with Crippen LogP contribution in [0.25, 0.3) is 0 Å². The Morgan fingerprint density at radius 2 is 1.81 bits per heavy atom. The van der Waals surface area contributed by atoms with E-state index in [1.165, 1.54) is 17.5 Å². The fraction of sp³-hybridized carbons (Fsp3) is 0.368. The molecule has 21 heavy (non-hydrogen) atoms. The van der Waals surface area contributed by atoms with Crippen LogP contribution in [0.1, 0.15) is 23.5 Å². The van der Waals surface area contributed by atoms with E-state index >= 15 is 0 Å². The lowest BCUT2D eigenvalue weighted by Crippen LogP contribution is -2.23. The van der Waals surface area contributed by atoms with Crippen molar-refractivity contribution in [2.24, 2.45) is 11.8 Å². The van der Waals surface area contributed by atoms with Gasteiger partial charge >= 0.3 is 0 Å². The van der Waals surface area contributed by atoms with E-state index in [2.05, 4.69) is 47.8 Å². The molecule has 2 aromatic rings. The molecule has 3 atom stereocenters. The number of hydrogen-bond donors (Lipinski definition) is 1. The quantitative estimate of drug-likeness (QED) is 0.827. The van der Waals surface area contributed by atoms with Gasteiger partial charge in [-0.25, -0.2) is 0 Å². The third kappa shape index (κ3) is 3.48. The Kier molecular flexibility index (Phi) is 4.62. The van der Waals surface area contributed by atoms with Crippen molar-refractivity contribution >= 4 is 11.6 Å². The van der Waals surface area contributed by atoms with Crippen molar-refractivity contribution in [3.05, 3.63) is 70.7 Å². The number of hydrogen-bond acceptors (Lipinski definition) is 1. The Bertz CT molecular complexity index is 581. The zero-order valence-electron chi connectivity index (χ0n) is 12.4. The number of rotatable bonds is 6. The first-order chi connectivity index (χ1) is 10.3. The van der Waals surface area contributed by atoms with Crippen LogP contribution in [0.4, 0.5) is 0 Å². The van der Waals surface area contributed by atoms with Gasteiger partial charge in [0.05, 0.1) is 0 Å². The normalized spacial score (nSPS) is 22.0. The third-order valence-corrected chi connectivity index (χ3v) is 4.95. The van der Waals surface area contributed by atoms with Gasteiger partial charge in [-0.3, -0.25) is 0 Å². The predicted molar refractivity (Wildman–Crippen MR) is 89.9 cm³/mol. The van der Waals surface area contributed by atoms with Crippen LogP contribution in [-0.4, -0.2) is 13.6 Å². The first kappa shape index (κ1) is 14.6. The van der Waals surface area contributed by atoms with Crippen LogP contribution in [0.3, 0.4) is 0 Å². The summed E-state index contributed by atoms with van der Waals surface area (Å²) in [6, 6.07) is 19.1. The van der Waals surface area contributed by atoms with Crippen LogP contribution in [0.15, 0.2) is 54.6 Å². The van der Waals surface area contributed by atoms with Crippen molar-refractivity contribution in [3.8, 4) is 0 Å². The summed E-state index contributed by atoms with van der Waals surface area (Å²) in [7, 11) is 2.04. The van der Waals surface area contributed by atoms with E-state index in [9.17, 15) is 0 Å². The molecule has 1 nitrogen and oxygen atoms in total. The molecule has 0 radical (unpaired) electrons. The van der Waals surface area contributed by atoms with E-state index in [-0.39, 0.29) is 0 Å². The van der Waals surface area contributed by atoms with Crippen molar-refractivity contribution in [2.45, 2.75) is 18.8 Å². The van der Waals surface area contributed by atoms with E-state index in [0.717, 1.165) is 29.8 Å². The van der Waals surface area contributed by atoms with Gasteiger partial charge in [-0.2, -0.15) is 0 Å². The topological polar surface area (TPSA) is 12.0 Å². The van der Waals surface area contributed by atoms with Crippen molar-refractivity contribution in [3.63, 3.8) is 0 Å². The van der Waals surface area contributed by atoms with E-state index in [1.54, 1.807) is 0 Å². The van der Waals surface area contributed by atoms with Crippen molar-refractivity contribution in [1.82, 2.24) is 5.32 Å². The van der Waals surface area contributed by atoms with Gasteiger partial charge in [0.25, 0.3) is 0 Å². The first-order valence-electron chi connectivity index (χ1n) is 7.72. The highest BCUT2D eigenvalue weighted by atomic mass is 35.5. The molecule has 0 spiro atoms. The van der Waals surface area contributed by atoms with E-state index in [1.807, 2.05) is 19.2 Å². The van der Waals surface area contributed by atoms with Crippen LogP contribution in [0, 0.1) is 11.8 Å². The van der Waals surface area contributed by atoms with Gasteiger partial charge < -0.3 is 5.32 Å². The Hall–Kier alpha value is -1.31. The molecule has 3 rings (SSSR count). The monoisotopic (exact) mass is 299 g/mol. The maximum absolute atomic E-state index is 6.33. The van der Waals surface area contributed by atoms with Gasteiger partial charge in [0, 0.05) is 5.02 Å². The zero-order valence-corrected chi connectivity index (χ0v) is 13.2. The lowest BCUT2D eigenvalue weighted by Gasteiger charge is -2.18. The molecular weight excluding hydrogens is 278 g/mol. The molecule has 0 amide bonds. The number of nitrogens with one attached hydrogen (secondary N) is 1. The van der Waals surface area contributed by atoms with Crippen LogP contribution < -0.4 is 5.32 Å². The Morgan fingerprint density at radius 1 is 1.10 bits per heavy atom. The minimum Gasteiger partial charge on any atom is -0.319 e. The van der Waals surface area contributed by atoms with Gasteiger partial charge in [0.15, 0.2) is 0 Å². The first-order valence-corrected chi connectivity index (χ1v) is 8.10.